The Bertz CT molecular complexity index is 1650. The number of carbonyl (C=O) groups excluding carboxylic acids is 5. The number of nitrogens with one attached hydrogen (secondary N) is 3. The highest BCUT2D eigenvalue weighted by Crippen LogP contribution is 2.29. The highest BCUT2D eigenvalue weighted by Gasteiger charge is 2.46. The number of hydrogen-bond donors (Lipinski definition) is 7. The second-order valence-corrected chi connectivity index (χ2v) is 19.2. The summed E-state index contributed by atoms with van der Waals surface area (Å²) < 4.78 is 45.6. The summed E-state index contributed by atoms with van der Waals surface area (Å²) in [5, 5.41) is 26.0. The first-order chi connectivity index (χ1) is 30.3. The zero-order valence-corrected chi connectivity index (χ0v) is 38.9. The highest BCUT2D eigenvalue weighted by molar-refractivity contribution is 6.21. The Balaban J connectivity index is 0.000000193. The van der Waals surface area contributed by atoms with Crippen LogP contribution in [0.3, 0.4) is 0 Å². The van der Waals surface area contributed by atoms with Gasteiger partial charge >= 0.3 is 18.3 Å². The number of aliphatic hydroxyl groups excluding tert-OH is 2. The van der Waals surface area contributed by atoms with E-state index in [0.717, 1.165) is 13.2 Å². The molecule has 1 aromatic rings. The zero-order valence-electron chi connectivity index (χ0n) is 38.9. The van der Waals surface area contributed by atoms with Crippen LogP contribution in [-0.4, -0.2) is 189 Å². The second kappa shape index (κ2) is 23.5. The van der Waals surface area contributed by atoms with Gasteiger partial charge in [-0.1, -0.05) is 12.1 Å². The maximum atomic E-state index is 12.6. The fraction of sp³-hybridized carbons (Fsp3) is 0.744. The SMILES string of the molecule is C1OCC2OC12.CC(C)(C)OC(=O)N[C@H]1COC[C@@H]1O.CC(C)(C)OC(=O)N[C@H]1COC[C@H]1N.CC(C)(C)OC(=O)N[C@H]1COC[C@H]1N1C(=O)c2ccccc2C1=O.N[C@H]1COC[C@@H]1O. The number of rotatable bonds is 4. The lowest BCUT2D eigenvalue weighted by Crippen LogP contribution is -2.53. The highest BCUT2D eigenvalue weighted by atomic mass is 16.7. The van der Waals surface area contributed by atoms with E-state index in [0.29, 0.717) is 56.4 Å². The fourth-order valence-electron chi connectivity index (χ4n) is 6.55. The van der Waals surface area contributed by atoms with Gasteiger partial charge in [-0.25, -0.2) is 14.4 Å². The lowest BCUT2D eigenvalue weighted by Gasteiger charge is -2.28. The van der Waals surface area contributed by atoms with Gasteiger partial charge in [0, 0.05) is 0 Å². The molecule has 6 fully saturated rings. The predicted octanol–water partition coefficient (Wildman–Crippen LogP) is 0.572. The molecule has 22 nitrogen and oxygen atoms in total. The largest absolute Gasteiger partial charge is 0.444 e. The number of imide groups is 1. The molecular weight excluding hydrogens is 856 g/mol. The van der Waals surface area contributed by atoms with Gasteiger partial charge in [-0.2, -0.15) is 0 Å². The van der Waals surface area contributed by atoms with Crippen molar-refractivity contribution in [3.63, 3.8) is 0 Å². The molecule has 1 aromatic carbocycles. The number of hydrogen-bond acceptors (Lipinski definition) is 18. The molecule has 5 amide bonds. The standard InChI is InChI=1S/C17H20N2O5.C9H18N2O3.C9H17NO4.C4H9NO2.C4H6O2/c1-17(2,3)24-16(22)18-12-8-23-9-13(12)19-14(20)10-6-4-5-7-11(10)15(19)21;1-9(2,3)14-8(12)11-7-5-13-4-6(7)10;1-9(2,3)14-8(12)10-6-4-13-5-7(6)11;5-3-1-7-2-4(3)6;1-3-4(6-3)2-5-1/h4-7,12-13H,8-9H2,1-3H3,(H,18,22);6-7H,4-5,10H2,1-3H3,(H,11,12);6-7,11H,4-5H2,1-3H3,(H,10,12);3-4,6H,1-2,5H2;3-4H,1-2H2/t12-,13+;6-,7+;6-,7-;3-,4-;/m0100./s1. The Morgan fingerprint density at radius 3 is 1.29 bits per heavy atom. The molecule has 2 unspecified atom stereocenters. The smallest absolute Gasteiger partial charge is 0.408 e. The third-order valence-corrected chi connectivity index (χ3v) is 9.83. The van der Waals surface area contributed by atoms with E-state index in [1.54, 1.807) is 65.8 Å². The number of alkyl carbamates (subject to hydrolysis) is 3. The van der Waals surface area contributed by atoms with Crippen molar-refractivity contribution in [2.75, 3.05) is 66.1 Å². The third-order valence-electron chi connectivity index (χ3n) is 9.83. The molecule has 10 atom stereocenters. The molecule has 6 saturated heterocycles. The molecule has 0 aliphatic carbocycles. The summed E-state index contributed by atoms with van der Waals surface area (Å²) in [5.74, 6) is -0.718. The number of epoxide rings is 1. The molecule has 0 bridgehead atoms. The number of aliphatic hydroxyl groups is 2. The average Bonchev–Trinajstić information content (AvgIpc) is 3.86. The zero-order chi connectivity index (χ0) is 48.3. The van der Waals surface area contributed by atoms with Crippen molar-refractivity contribution < 1.29 is 76.8 Å². The fourth-order valence-corrected chi connectivity index (χ4v) is 6.55. The maximum Gasteiger partial charge on any atom is 0.408 e. The lowest BCUT2D eigenvalue weighted by atomic mass is 10.1. The van der Waals surface area contributed by atoms with Crippen molar-refractivity contribution in [3.05, 3.63) is 35.4 Å². The average molecular weight is 927 g/mol. The van der Waals surface area contributed by atoms with Gasteiger partial charge in [0.15, 0.2) is 0 Å². The Labute approximate surface area is 379 Å². The minimum absolute atomic E-state index is 0.134. The molecule has 7 heterocycles. The van der Waals surface area contributed by atoms with Crippen molar-refractivity contribution in [1.82, 2.24) is 20.9 Å². The van der Waals surface area contributed by atoms with E-state index in [4.69, 9.17) is 59.2 Å². The summed E-state index contributed by atoms with van der Waals surface area (Å²) in [6, 6.07) is 4.86. The van der Waals surface area contributed by atoms with E-state index in [1.165, 1.54) is 4.90 Å². The molecule has 0 saturated carbocycles. The lowest BCUT2D eigenvalue weighted by molar-refractivity contribution is 0.0441. The van der Waals surface area contributed by atoms with E-state index in [1.807, 2.05) is 20.8 Å². The topological polar surface area (TPSA) is 304 Å². The maximum absolute atomic E-state index is 12.6. The summed E-state index contributed by atoms with van der Waals surface area (Å²) in [7, 11) is 0. The number of ether oxygens (including phenoxy) is 9. The van der Waals surface area contributed by atoms with E-state index < -0.39 is 59.4 Å². The quantitative estimate of drug-likeness (QED) is 0.123. The molecule has 0 spiro atoms. The molecule has 7 aliphatic heterocycles. The van der Waals surface area contributed by atoms with E-state index in [-0.39, 0.29) is 55.8 Å². The number of benzene rings is 1. The van der Waals surface area contributed by atoms with Gasteiger partial charge in [0.05, 0.1) is 126 Å². The Morgan fingerprint density at radius 1 is 0.554 bits per heavy atom. The summed E-state index contributed by atoms with van der Waals surface area (Å²) >= 11 is 0. The molecule has 8 rings (SSSR count). The number of nitrogens with two attached hydrogens (primary N) is 2. The number of amides is 5. The first-order valence-corrected chi connectivity index (χ1v) is 21.7. The third kappa shape index (κ3) is 17.8. The van der Waals surface area contributed by atoms with Gasteiger partial charge in [-0.15, -0.1) is 0 Å². The second-order valence-electron chi connectivity index (χ2n) is 19.2. The Hall–Kier alpha value is -4.23. The molecule has 65 heavy (non-hydrogen) atoms. The van der Waals surface area contributed by atoms with Crippen LogP contribution in [0.2, 0.25) is 0 Å². The summed E-state index contributed by atoms with van der Waals surface area (Å²) in [6.07, 6.45) is -1.65. The minimum Gasteiger partial charge on any atom is -0.444 e. The van der Waals surface area contributed by atoms with Crippen molar-refractivity contribution >= 4 is 30.1 Å². The van der Waals surface area contributed by atoms with Crippen LogP contribution in [0.1, 0.15) is 83.0 Å². The Morgan fingerprint density at radius 2 is 0.938 bits per heavy atom. The predicted molar refractivity (Wildman–Crippen MR) is 231 cm³/mol. The molecule has 0 aromatic heterocycles. The summed E-state index contributed by atoms with van der Waals surface area (Å²) in [4.78, 5) is 60.9. The van der Waals surface area contributed by atoms with Crippen molar-refractivity contribution in [2.45, 2.75) is 140 Å². The Kier molecular flexibility index (Phi) is 19.3. The van der Waals surface area contributed by atoms with Gasteiger partial charge < -0.3 is 80.3 Å². The first kappa shape index (κ1) is 53.4. The van der Waals surface area contributed by atoms with E-state index in [9.17, 15) is 29.1 Å². The van der Waals surface area contributed by atoms with Gasteiger partial charge in [0.1, 0.15) is 29.0 Å². The van der Waals surface area contributed by atoms with Crippen LogP contribution in [-0.2, 0) is 42.6 Å². The van der Waals surface area contributed by atoms with Crippen LogP contribution in [0.5, 0.6) is 0 Å². The van der Waals surface area contributed by atoms with Crippen molar-refractivity contribution in [3.8, 4) is 0 Å². The number of fused-ring (bicyclic) bond motifs is 2. The summed E-state index contributed by atoms with van der Waals surface area (Å²) in [5.41, 5.74) is 10.1. The van der Waals surface area contributed by atoms with Crippen LogP contribution in [0, 0.1) is 0 Å². The molecule has 9 N–H and O–H groups in total. The van der Waals surface area contributed by atoms with Gasteiger partial charge in [-0.05, 0) is 74.4 Å². The van der Waals surface area contributed by atoms with Crippen LogP contribution < -0.4 is 27.4 Å². The molecule has 7 aliphatic rings. The van der Waals surface area contributed by atoms with Crippen LogP contribution in [0.15, 0.2) is 24.3 Å². The van der Waals surface area contributed by atoms with Gasteiger partial charge in [0.25, 0.3) is 11.8 Å². The molecular formula is C43H70N6O16. The van der Waals surface area contributed by atoms with E-state index >= 15 is 0 Å². The molecule has 0 radical (unpaired) electrons. The summed E-state index contributed by atoms with van der Waals surface area (Å²) in [6.45, 7) is 20.6. The first-order valence-electron chi connectivity index (χ1n) is 21.7. The van der Waals surface area contributed by atoms with Crippen molar-refractivity contribution in [2.24, 2.45) is 11.5 Å². The molecule has 22 heteroatoms. The minimum atomic E-state index is -0.637. The van der Waals surface area contributed by atoms with Crippen LogP contribution in [0.25, 0.3) is 0 Å². The monoisotopic (exact) mass is 926 g/mol. The van der Waals surface area contributed by atoms with Gasteiger partial charge in [-0.3, -0.25) is 14.5 Å². The van der Waals surface area contributed by atoms with Gasteiger partial charge in [0.2, 0.25) is 0 Å². The van der Waals surface area contributed by atoms with Crippen LogP contribution in [0.4, 0.5) is 14.4 Å². The number of nitrogens with zero attached hydrogens (tertiary/aromatic N) is 1. The normalized spacial score (nSPS) is 29.8. The molecule has 368 valence electrons. The number of carbonyl (C=O) groups is 5. The van der Waals surface area contributed by atoms with Crippen molar-refractivity contribution in [1.29, 1.82) is 0 Å². The van der Waals surface area contributed by atoms with E-state index in [2.05, 4.69) is 16.0 Å². The van der Waals surface area contributed by atoms with Crippen LogP contribution >= 0.6 is 0 Å².